The van der Waals surface area contributed by atoms with Crippen molar-refractivity contribution in [2.75, 3.05) is 6.61 Å². The molecular formula is C26H44O2Si. The van der Waals surface area contributed by atoms with Gasteiger partial charge < -0.3 is 9.16 Å². The molecule has 0 bridgehead atoms. The predicted octanol–water partition coefficient (Wildman–Crippen LogP) is 7.45. The lowest BCUT2D eigenvalue weighted by Crippen LogP contribution is -2.45. The number of hydrogen-bond acceptors (Lipinski definition) is 2. The number of ether oxygens (including phenoxy) is 1. The van der Waals surface area contributed by atoms with Gasteiger partial charge in [0, 0.05) is 6.61 Å². The lowest BCUT2D eigenvalue weighted by Gasteiger charge is -2.47. The van der Waals surface area contributed by atoms with Crippen molar-refractivity contribution in [3.63, 3.8) is 0 Å². The molecule has 2 aliphatic rings. The van der Waals surface area contributed by atoms with E-state index in [0.717, 1.165) is 19.1 Å². The Morgan fingerprint density at radius 2 is 1.79 bits per heavy atom. The standard InChI is InChI=1S/C26H44O2Si/c1-20(18-28-29(6,7)25(2,3)4)22-15-16-23-24(14-11-17-26(22,23)5)27-19-21-12-9-8-10-13-21/h8-10,12-13,20,22-24H,11,14-19H2,1-7H3. The molecule has 0 radical (unpaired) electrons. The summed E-state index contributed by atoms with van der Waals surface area (Å²) in [5, 5.41) is 0.288. The maximum absolute atomic E-state index is 6.63. The van der Waals surface area contributed by atoms with Crippen LogP contribution in [0, 0.1) is 23.2 Å². The van der Waals surface area contributed by atoms with E-state index in [1.165, 1.54) is 37.7 Å². The molecule has 0 aromatic heterocycles. The van der Waals surface area contributed by atoms with Crippen LogP contribution in [0.25, 0.3) is 0 Å². The van der Waals surface area contributed by atoms with Crippen molar-refractivity contribution >= 4 is 8.32 Å². The molecule has 5 atom stereocenters. The van der Waals surface area contributed by atoms with Crippen LogP contribution in [-0.4, -0.2) is 21.0 Å². The van der Waals surface area contributed by atoms with Crippen LogP contribution in [0.1, 0.15) is 72.3 Å². The maximum Gasteiger partial charge on any atom is 0.191 e. The summed E-state index contributed by atoms with van der Waals surface area (Å²) < 4.78 is 13.1. The van der Waals surface area contributed by atoms with Crippen LogP contribution in [0.15, 0.2) is 30.3 Å². The zero-order chi connectivity index (χ0) is 21.3. The Balaban J connectivity index is 1.61. The van der Waals surface area contributed by atoms with E-state index in [4.69, 9.17) is 9.16 Å². The second kappa shape index (κ2) is 8.84. The molecular weight excluding hydrogens is 372 g/mol. The summed E-state index contributed by atoms with van der Waals surface area (Å²) in [7, 11) is -1.67. The van der Waals surface area contributed by atoms with E-state index in [1.807, 2.05) is 0 Å². The van der Waals surface area contributed by atoms with Gasteiger partial charge in [0.25, 0.3) is 0 Å². The van der Waals surface area contributed by atoms with Gasteiger partial charge in [0.1, 0.15) is 0 Å². The minimum Gasteiger partial charge on any atom is -0.417 e. The highest BCUT2D eigenvalue weighted by Crippen LogP contribution is 2.58. The van der Waals surface area contributed by atoms with Crippen molar-refractivity contribution in [2.45, 2.75) is 97.6 Å². The van der Waals surface area contributed by atoms with Gasteiger partial charge in [-0.05, 0) is 72.5 Å². The molecule has 1 aromatic carbocycles. The van der Waals surface area contributed by atoms with E-state index in [1.54, 1.807) is 0 Å². The van der Waals surface area contributed by atoms with Crippen LogP contribution in [0.3, 0.4) is 0 Å². The normalized spacial score (nSPS) is 31.5. The zero-order valence-corrected chi connectivity index (χ0v) is 21.0. The molecule has 3 rings (SSSR count). The molecule has 0 spiro atoms. The second-order valence-corrected chi connectivity index (χ2v) is 16.4. The number of benzene rings is 1. The molecule has 0 heterocycles. The van der Waals surface area contributed by atoms with Crippen molar-refractivity contribution in [3.05, 3.63) is 35.9 Å². The summed E-state index contributed by atoms with van der Waals surface area (Å²) >= 11 is 0. The quantitative estimate of drug-likeness (QED) is 0.430. The topological polar surface area (TPSA) is 18.5 Å². The Hall–Kier alpha value is -0.643. The number of hydrogen-bond donors (Lipinski definition) is 0. The van der Waals surface area contributed by atoms with Gasteiger partial charge in [0.05, 0.1) is 12.7 Å². The SMILES string of the molecule is CC(CO[Si](C)(C)C(C)(C)C)C1CCC2C(OCc3ccccc3)CCCC12C. The fraction of sp³-hybridized carbons (Fsp3) is 0.769. The molecule has 2 saturated carbocycles. The molecule has 29 heavy (non-hydrogen) atoms. The van der Waals surface area contributed by atoms with E-state index in [-0.39, 0.29) is 5.04 Å². The summed E-state index contributed by atoms with van der Waals surface area (Å²) in [6.45, 7) is 18.5. The van der Waals surface area contributed by atoms with Crippen LogP contribution in [0.4, 0.5) is 0 Å². The maximum atomic E-state index is 6.63. The third-order valence-electron chi connectivity index (χ3n) is 8.64. The van der Waals surface area contributed by atoms with Gasteiger partial charge in [-0.3, -0.25) is 0 Å². The van der Waals surface area contributed by atoms with Crippen LogP contribution < -0.4 is 0 Å². The minimum atomic E-state index is -1.67. The van der Waals surface area contributed by atoms with Crippen LogP contribution in [-0.2, 0) is 15.8 Å². The van der Waals surface area contributed by atoms with E-state index >= 15 is 0 Å². The first kappa shape index (κ1) is 23.0. The molecule has 2 fully saturated rings. The van der Waals surface area contributed by atoms with Gasteiger partial charge >= 0.3 is 0 Å². The van der Waals surface area contributed by atoms with Crippen LogP contribution >= 0.6 is 0 Å². The third-order valence-corrected chi connectivity index (χ3v) is 13.1. The van der Waals surface area contributed by atoms with Crippen LogP contribution in [0.2, 0.25) is 18.1 Å². The van der Waals surface area contributed by atoms with Gasteiger partial charge in [0.15, 0.2) is 8.32 Å². The molecule has 0 amide bonds. The first-order valence-electron chi connectivity index (χ1n) is 11.8. The molecule has 0 saturated heterocycles. The van der Waals surface area contributed by atoms with E-state index in [2.05, 4.69) is 78.0 Å². The molecule has 0 aliphatic heterocycles. The van der Waals surface area contributed by atoms with Gasteiger partial charge in [-0.15, -0.1) is 0 Å². The lowest BCUT2D eigenvalue weighted by atomic mass is 9.62. The summed E-state index contributed by atoms with van der Waals surface area (Å²) in [6.07, 6.45) is 6.98. The molecule has 1 aromatic rings. The molecule has 5 unspecified atom stereocenters. The predicted molar refractivity (Wildman–Crippen MR) is 126 cm³/mol. The average molecular weight is 417 g/mol. The Morgan fingerprint density at radius 3 is 2.45 bits per heavy atom. The lowest BCUT2D eigenvalue weighted by molar-refractivity contribution is -0.0781. The molecule has 164 valence electrons. The highest BCUT2D eigenvalue weighted by atomic mass is 28.4. The number of fused-ring (bicyclic) bond motifs is 1. The highest BCUT2D eigenvalue weighted by molar-refractivity contribution is 6.74. The molecule has 2 aliphatic carbocycles. The summed E-state index contributed by atoms with van der Waals surface area (Å²) in [5.41, 5.74) is 1.71. The molecule has 0 N–H and O–H groups in total. The molecule has 3 heteroatoms. The second-order valence-electron chi connectivity index (χ2n) is 11.6. The van der Waals surface area contributed by atoms with Crippen molar-refractivity contribution < 1.29 is 9.16 Å². The van der Waals surface area contributed by atoms with Gasteiger partial charge in [-0.25, -0.2) is 0 Å². The first-order valence-corrected chi connectivity index (χ1v) is 14.7. The van der Waals surface area contributed by atoms with Crippen LogP contribution in [0.5, 0.6) is 0 Å². The van der Waals surface area contributed by atoms with Crippen molar-refractivity contribution in [1.29, 1.82) is 0 Å². The Labute approximate surface area is 180 Å². The Morgan fingerprint density at radius 1 is 1.10 bits per heavy atom. The van der Waals surface area contributed by atoms with Gasteiger partial charge in [-0.1, -0.05) is 71.4 Å². The van der Waals surface area contributed by atoms with Crippen molar-refractivity contribution in [2.24, 2.45) is 23.2 Å². The van der Waals surface area contributed by atoms with E-state index in [0.29, 0.717) is 23.4 Å². The molecule has 2 nitrogen and oxygen atoms in total. The third kappa shape index (κ3) is 4.99. The minimum absolute atomic E-state index is 0.288. The fourth-order valence-corrected chi connectivity index (χ4v) is 6.86. The smallest absolute Gasteiger partial charge is 0.191 e. The fourth-order valence-electron chi connectivity index (χ4n) is 5.74. The van der Waals surface area contributed by atoms with Crippen molar-refractivity contribution in [3.8, 4) is 0 Å². The largest absolute Gasteiger partial charge is 0.417 e. The van der Waals surface area contributed by atoms with Gasteiger partial charge in [0.2, 0.25) is 0 Å². The summed E-state index contributed by atoms with van der Waals surface area (Å²) in [4.78, 5) is 0. The number of rotatable bonds is 7. The average Bonchev–Trinajstić information content (AvgIpc) is 3.02. The van der Waals surface area contributed by atoms with Gasteiger partial charge in [-0.2, -0.15) is 0 Å². The monoisotopic (exact) mass is 416 g/mol. The Bertz CT molecular complexity index is 650. The Kier molecular flexibility index (Phi) is 7.02. The zero-order valence-electron chi connectivity index (χ0n) is 20.0. The first-order chi connectivity index (χ1) is 13.5. The summed E-state index contributed by atoms with van der Waals surface area (Å²) in [5.74, 6) is 2.10. The van der Waals surface area contributed by atoms with E-state index < -0.39 is 8.32 Å². The highest BCUT2D eigenvalue weighted by Gasteiger charge is 2.53. The van der Waals surface area contributed by atoms with E-state index in [9.17, 15) is 0 Å². The summed E-state index contributed by atoms with van der Waals surface area (Å²) in [6, 6.07) is 10.7. The van der Waals surface area contributed by atoms with Crippen molar-refractivity contribution in [1.82, 2.24) is 0 Å².